The van der Waals surface area contributed by atoms with Crippen molar-refractivity contribution in [3.8, 4) is 10.6 Å². The van der Waals surface area contributed by atoms with Crippen molar-refractivity contribution in [2.24, 2.45) is 0 Å². The van der Waals surface area contributed by atoms with Gasteiger partial charge in [0.1, 0.15) is 5.01 Å². The highest BCUT2D eigenvalue weighted by Crippen LogP contribution is 2.24. The lowest BCUT2D eigenvalue weighted by atomic mass is 10.3. The maximum absolute atomic E-state index is 5.61. The van der Waals surface area contributed by atoms with Gasteiger partial charge in [0.25, 0.3) is 0 Å². The van der Waals surface area contributed by atoms with Crippen LogP contribution in [-0.4, -0.2) is 14.3 Å². The van der Waals surface area contributed by atoms with Crippen molar-refractivity contribution in [3.05, 3.63) is 28.2 Å². The molecule has 0 fully saturated rings. The van der Waals surface area contributed by atoms with E-state index in [9.17, 15) is 0 Å². The van der Waals surface area contributed by atoms with Crippen LogP contribution in [0, 0.1) is 0 Å². The fraction of sp³-hybridized carbons (Fsp3) is 0. The number of aromatic nitrogens is 3. The molecule has 0 saturated carbocycles. The Morgan fingerprint density at radius 3 is 2.85 bits per heavy atom. The van der Waals surface area contributed by atoms with Gasteiger partial charge in [0.05, 0.1) is 0 Å². The van der Waals surface area contributed by atoms with Gasteiger partial charge in [-0.05, 0) is 45.1 Å². The van der Waals surface area contributed by atoms with Crippen LogP contribution in [0.25, 0.3) is 10.6 Å². The lowest BCUT2D eigenvalue weighted by Gasteiger charge is -1.93. The number of halogens is 2. The smallest absolute Gasteiger partial charge is 0.234 e. The molecule has 0 aliphatic rings. The molecule has 0 bridgehead atoms. The van der Waals surface area contributed by atoms with E-state index in [1.54, 1.807) is 12.4 Å². The molecule has 2 aromatic heterocycles. The first-order chi connectivity index (χ1) is 6.25. The van der Waals surface area contributed by atoms with E-state index in [0.717, 1.165) is 15.0 Å². The van der Waals surface area contributed by atoms with Crippen LogP contribution in [0.1, 0.15) is 0 Å². The monoisotopic (exact) mass is 275 g/mol. The Kier molecular flexibility index (Phi) is 2.57. The van der Waals surface area contributed by atoms with Crippen LogP contribution in [0.15, 0.2) is 22.9 Å². The summed E-state index contributed by atoms with van der Waals surface area (Å²) in [5.41, 5.74) is 0.916. The van der Waals surface area contributed by atoms with E-state index in [2.05, 4.69) is 30.3 Å². The summed E-state index contributed by atoms with van der Waals surface area (Å²) < 4.78 is 4.79. The Hall–Kier alpha value is -0.520. The van der Waals surface area contributed by atoms with Crippen molar-refractivity contribution in [2.45, 2.75) is 0 Å². The second-order valence-electron chi connectivity index (χ2n) is 2.26. The van der Waals surface area contributed by atoms with Crippen LogP contribution < -0.4 is 0 Å². The lowest BCUT2D eigenvalue weighted by Crippen LogP contribution is -1.78. The Balaban J connectivity index is 2.46. The Morgan fingerprint density at radius 1 is 1.38 bits per heavy atom. The molecule has 0 spiro atoms. The minimum atomic E-state index is 0.278. The quantitative estimate of drug-likeness (QED) is 0.803. The van der Waals surface area contributed by atoms with E-state index in [-0.39, 0.29) is 5.28 Å². The fourth-order valence-corrected chi connectivity index (χ4v) is 2.00. The Labute approximate surface area is 92.1 Å². The number of nitrogens with zero attached hydrogens (tertiary/aromatic N) is 3. The third-order valence-electron chi connectivity index (χ3n) is 1.35. The minimum absolute atomic E-state index is 0.278. The lowest BCUT2D eigenvalue weighted by molar-refractivity contribution is 1.28. The molecule has 0 saturated heterocycles. The van der Waals surface area contributed by atoms with Gasteiger partial charge >= 0.3 is 0 Å². The van der Waals surface area contributed by atoms with Gasteiger partial charge < -0.3 is 0 Å². The SMILES string of the molecule is Clc1nsc(-c2cncc(Br)c2)n1. The predicted octanol–water partition coefficient (Wildman–Crippen LogP) is 3.02. The minimum Gasteiger partial charge on any atom is -0.263 e. The van der Waals surface area contributed by atoms with E-state index in [1.165, 1.54) is 11.5 Å². The van der Waals surface area contributed by atoms with Gasteiger partial charge in [-0.3, -0.25) is 4.98 Å². The van der Waals surface area contributed by atoms with Crippen LogP contribution >= 0.6 is 39.1 Å². The summed E-state index contributed by atoms with van der Waals surface area (Å²) >= 11 is 10.2. The molecule has 6 heteroatoms. The van der Waals surface area contributed by atoms with Crippen LogP contribution in [0.5, 0.6) is 0 Å². The van der Waals surface area contributed by atoms with Crippen LogP contribution in [0.2, 0.25) is 5.28 Å². The molecular formula is C7H3BrClN3S. The van der Waals surface area contributed by atoms with Crippen LogP contribution in [-0.2, 0) is 0 Å². The van der Waals surface area contributed by atoms with Gasteiger partial charge in [0.2, 0.25) is 5.28 Å². The standard InChI is InChI=1S/C7H3BrClN3S/c8-5-1-4(2-10-3-5)6-11-7(9)12-13-6/h1-3H. The van der Waals surface area contributed by atoms with Crippen LogP contribution in [0.3, 0.4) is 0 Å². The molecule has 0 N–H and O–H groups in total. The van der Waals surface area contributed by atoms with Crippen molar-refractivity contribution in [3.63, 3.8) is 0 Å². The first-order valence-electron chi connectivity index (χ1n) is 3.36. The molecule has 13 heavy (non-hydrogen) atoms. The second kappa shape index (κ2) is 3.69. The molecule has 2 rings (SSSR count). The fourth-order valence-electron chi connectivity index (χ4n) is 0.852. The summed E-state index contributed by atoms with van der Waals surface area (Å²) in [6.07, 6.45) is 3.44. The molecule has 0 unspecified atom stereocenters. The summed E-state index contributed by atoms with van der Waals surface area (Å²) in [5, 5.41) is 1.05. The average molecular weight is 277 g/mol. The predicted molar refractivity (Wildman–Crippen MR) is 55.9 cm³/mol. The summed E-state index contributed by atoms with van der Waals surface area (Å²) in [6, 6.07) is 1.92. The van der Waals surface area contributed by atoms with Gasteiger partial charge in [-0.2, -0.15) is 4.37 Å². The average Bonchev–Trinajstić information content (AvgIpc) is 2.52. The molecule has 0 radical (unpaired) electrons. The van der Waals surface area contributed by atoms with E-state index in [4.69, 9.17) is 11.6 Å². The molecule has 66 valence electrons. The Bertz CT molecular complexity index is 431. The van der Waals surface area contributed by atoms with Crippen molar-refractivity contribution >= 4 is 39.1 Å². The zero-order chi connectivity index (χ0) is 9.26. The van der Waals surface area contributed by atoms with Gasteiger partial charge in [0.15, 0.2) is 0 Å². The molecule has 0 amide bonds. The summed E-state index contributed by atoms with van der Waals surface area (Å²) in [7, 11) is 0. The van der Waals surface area contributed by atoms with Gasteiger partial charge in [0, 0.05) is 22.4 Å². The first-order valence-corrected chi connectivity index (χ1v) is 5.30. The highest BCUT2D eigenvalue weighted by Gasteiger charge is 2.04. The normalized spacial score (nSPS) is 10.3. The zero-order valence-corrected chi connectivity index (χ0v) is 9.40. The zero-order valence-electron chi connectivity index (χ0n) is 6.24. The van der Waals surface area contributed by atoms with Crippen molar-refractivity contribution in [2.75, 3.05) is 0 Å². The van der Waals surface area contributed by atoms with E-state index in [1.807, 2.05) is 6.07 Å². The number of pyridine rings is 1. The highest BCUT2D eigenvalue weighted by atomic mass is 79.9. The molecule has 0 atom stereocenters. The number of rotatable bonds is 1. The summed E-state index contributed by atoms with van der Waals surface area (Å²) in [4.78, 5) is 8.05. The molecule has 0 aliphatic heterocycles. The largest absolute Gasteiger partial charge is 0.263 e. The van der Waals surface area contributed by atoms with Gasteiger partial charge in [-0.15, -0.1) is 0 Å². The highest BCUT2D eigenvalue weighted by molar-refractivity contribution is 9.10. The summed E-state index contributed by atoms with van der Waals surface area (Å²) in [5.74, 6) is 0. The molecule has 3 nitrogen and oxygen atoms in total. The summed E-state index contributed by atoms with van der Waals surface area (Å²) in [6.45, 7) is 0. The maximum atomic E-state index is 5.61. The molecule has 2 aromatic rings. The van der Waals surface area contributed by atoms with E-state index in [0.29, 0.717) is 0 Å². The van der Waals surface area contributed by atoms with Crippen molar-refractivity contribution in [1.29, 1.82) is 0 Å². The van der Waals surface area contributed by atoms with Crippen molar-refractivity contribution < 1.29 is 0 Å². The molecule has 2 heterocycles. The van der Waals surface area contributed by atoms with Gasteiger partial charge in [-0.1, -0.05) is 0 Å². The topological polar surface area (TPSA) is 38.7 Å². The Morgan fingerprint density at radius 2 is 2.23 bits per heavy atom. The number of hydrogen-bond acceptors (Lipinski definition) is 4. The van der Waals surface area contributed by atoms with E-state index >= 15 is 0 Å². The molecule has 0 aromatic carbocycles. The number of hydrogen-bond donors (Lipinski definition) is 0. The third-order valence-corrected chi connectivity index (χ3v) is 2.82. The first kappa shape index (κ1) is 9.05. The maximum Gasteiger partial charge on any atom is 0.234 e. The van der Waals surface area contributed by atoms with Gasteiger partial charge in [-0.25, -0.2) is 4.98 Å². The molecule has 0 aliphatic carbocycles. The second-order valence-corrected chi connectivity index (χ2v) is 4.27. The third kappa shape index (κ3) is 2.04. The van der Waals surface area contributed by atoms with Crippen LogP contribution in [0.4, 0.5) is 0 Å². The van der Waals surface area contributed by atoms with Crippen molar-refractivity contribution in [1.82, 2.24) is 14.3 Å². The van der Waals surface area contributed by atoms with E-state index < -0.39 is 0 Å². The molecular weight excluding hydrogens is 274 g/mol.